The monoisotopic (exact) mass is 157 g/mol. The third-order valence-electron chi connectivity index (χ3n) is 2.53. The Labute approximate surface area is 65.8 Å². The molecule has 3 fully saturated rings. The normalized spacial score (nSPS) is 46.1. The minimum absolute atomic E-state index is 0.400. The Balaban J connectivity index is 2.20. The Morgan fingerprint density at radius 1 is 1.40 bits per heavy atom. The van der Waals surface area contributed by atoms with Crippen LogP contribution in [0, 0.1) is 5.92 Å². The van der Waals surface area contributed by atoms with Crippen molar-refractivity contribution in [1.29, 1.82) is 0 Å². The molecule has 1 N–H and O–H groups in total. The maximum atomic E-state index is 9.45. The standard InChI is InChI=1S/C7H11NOS/c9-7-6(10)5-1-3-8(7)4-2-5/h5,7,9H,1-4H2. The molecule has 0 spiro atoms. The van der Waals surface area contributed by atoms with Gasteiger partial charge in [0.05, 0.1) is 0 Å². The third-order valence-corrected chi connectivity index (χ3v) is 3.08. The van der Waals surface area contributed by atoms with Crippen LogP contribution in [0.4, 0.5) is 0 Å². The van der Waals surface area contributed by atoms with Gasteiger partial charge >= 0.3 is 0 Å². The largest absolute Gasteiger partial charge is 0.374 e. The van der Waals surface area contributed by atoms with Gasteiger partial charge in [0.25, 0.3) is 0 Å². The van der Waals surface area contributed by atoms with Gasteiger partial charge in [-0.2, -0.15) is 0 Å². The van der Waals surface area contributed by atoms with Crippen LogP contribution >= 0.6 is 12.2 Å². The Morgan fingerprint density at radius 3 is 2.30 bits per heavy atom. The first kappa shape index (κ1) is 6.70. The van der Waals surface area contributed by atoms with Crippen molar-refractivity contribution in [3.63, 3.8) is 0 Å². The second-order valence-corrected chi connectivity index (χ2v) is 3.56. The fourth-order valence-electron chi connectivity index (χ4n) is 1.82. The summed E-state index contributed by atoms with van der Waals surface area (Å²) in [4.78, 5) is 2.93. The van der Waals surface area contributed by atoms with E-state index < -0.39 is 6.23 Å². The summed E-state index contributed by atoms with van der Waals surface area (Å²) in [6.07, 6.45) is 1.92. The molecule has 0 saturated carbocycles. The van der Waals surface area contributed by atoms with E-state index in [1.165, 1.54) is 0 Å². The van der Waals surface area contributed by atoms with E-state index in [9.17, 15) is 5.11 Å². The van der Waals surface area contributed by atoms with Crippen LogP contribution < -0.4 is 0 Å². The minimum atomic E-state index is -0.400. The van der Waals surface area contributed by atoms with Gasteiger partial charge in [-0.25, -0.2) is 0 Å². The average Bonchev–Trinajstić information content (AvgIpc) is 2.00. The summed E-state index contributed by atoms with van der Waals surface area (Å²) >= 11 is 5.09. The Morgan fingerprint density at radius 2 is 2.00 bits per heavy atom. The number of aliphatic hydroxyl groups is 1. The number of rotatable bonds is 0. The molecule has 2 bridgehead atoms. The van der Waals surface area contributed by atoms with Crippen molar-refractivity contribution in [2.24, 2.45) is 5.92 Å². The number of hydrogen-bond donors (Lipinski definition) is 1. The zero-order valence-electron chi connectivity index (χ0n) is 5.79. The van der Waals surface area contributed by atoms with Gasteiger partial charge in [0.1, 0.15) is 6.23 Å². The number of hydrogen-bond acceptors (Lipinski definition) is 3. The molecule has 3 saturated heterocycles. The summed E-state index contributed by atoms with van der Waals surface area (Å²) in [5.74, 6) is 0.537. The predicted molar refractivity (Wildman–Crippen MR) is 42.9 cm³/mol. The zero-order valence-corrected chi connectivity index (χ0v) is 6.60. The van der Waals surface area contributed by atoms with Crippen molar-refractivity contribution in [2.75, 3.05) is 13.1 Å². The summed E-state index contributed by atoms with van der Waals surface area (Å²) in [5, 5.41) is 9.45. The Bertz CT molecular complexity index is 159. The molecule has 2 nitrogen and oxygen atoms in total. The summed E-state index contributed by atoms with van der Waals surface area (Å²) in [6.45, 7) is 2.07. The molecule has 56 valence electrons. The van der Waals surface area contributed by atoms with Crippen LogP contribution in [0.3, 0.4) is 0 Å². The van der Waals surface area contributed by atoms with E-state index in [1.807, 2.05) is 0 Å². The molecule has 0 radical (unpaired) electrons. The first-order valence-corrected chi connectivity index (χ1v) is 4.16. The number of aliphatic hydroxyl groups excluding tert-OH is 1. The molecule has 3 heteroatoms. The van der Waals surface area contributed by atoms with Crippen LogP contribution in [-0.2, 0) is 0 Å². The van der Waals surface area contributed by atoms with Gasteiger partial charge in [-0.1, -0.05) is 12.2 Å². The topological polar surface area (TPSA) is 23.5 Å². The molecule has 3 aliphatic heterocycles. The van der Waals surface area contributed by atoms with Crippen molar-refractivity contribution in [3.05, 3.63) is 0 Å². The lowest BCUT2D eigenvalue weighted by Gasteiger charge is -2.43. The molecule has 1 atom stereocenters. The van der Waals surface area contributed by atoms with Gasteiger partial charge in [0.15, 0.2) is 0 Å². The molecule has 0 aromatic carbocycles. The highest BCUT2D eigenvalue weighted by Crippen LogP contribution is 2.28. The van der Waals surface area contributed by atoms with E-state index in [2.05, 4.69) is 4.90 Å². The highest BCUT2D eigenvalue weighted by Gasteiger charge is 2.36. The number of nitrogens with zero attached hydrogens (tertiary/aromatic N) is 1. The predicted octanol–water partition coefficient (Wildman–Crippen LogP) is 0.400. The zero-order chi connectivity index (χ0) is 7.14. The second kappa shape index (κ2) is 2.26. The van der Waals surface area contributed by atoms with E-state index in [0.29, 0.717) is 5.92 Å². The van der Waals surface area contributed by atoms with Crippen LogP contribution in [-0.4, -0.2) is 34.2 Å². The quantitative estimate of drug-likeness (QED) is 0.515. The highest BCUT2D eigenvalue weighted by atomic mass is 32.1. The van der Waals surface area contributed by atoms with E-state index >= 15 is 0 Å². The number of piperidine rings is 3. The highest BCUT2D eigenvalue weighted by molar-refractivity contribution is 7.80. The van der Waals surface area contributed by atoms with Crippen LogP contribution in [0.2, 0.25) is 0 Å². The van der Waals surface area contributed by atoms with Crippen LogP contribution in [0.5, 0.6) is 0 Å². The first-order valence-electron chi connectivity index (χ1n) is 3.75. The Kier molecular flexibility index (Phi) is 1.51. The fourth-order valence-corrected chi connectivity index (χ4v) is 2.20. The fraction of sp³-hybridized carbons (Fsp3) is 0.857. The molecular weight excluding hydrogens is 146 g/mol. The number of thiocarbonyl (C=S) groups is 1. The van der Waals surface area contributed by atoms with Gasteiger partial charge < -0.3 is 5.11 Å². The SMILES string of the molecule is OC1C(=S)C2CCN1CC2. The smallest absolute Gasteiger partial charge is 0.140 e. The average molecular weight is 157 g/mol. The molecule has 3 rings (SSSR count). The lowest BCUT2D eigenvalue weighted by molar-refractivity contribution is 0.0109. The molecule has 0 aromatic heterocycles. The van der Waals surface area contributed by atoms with E-state index in [4.69, 9.17) is 12.2 Å². The third kappa shape index (κ3) is 0.813. The maximum Gasteiger partial charge on any atom is 0.140 e. The van der Waals surface area contributed by atoms with E-state index in [1.54, 1.807) is 0 Å². The lowest BCUT2D eigenvalue weighted by atomic mass is 9.87. The van der Waals surface area contributed by atoms with Crippen LogP contribution in [0.25, 0.3) is 0 Å². The Hall–Kier alpha value is 0.01000. The number of fused-ring (bicyclic) bond motifs is 3. The second-order valence-electron chi connectivity index (χ2n) is 3.09. The van der Waals surface area contributed by atoms with Crippen molar-refractivity contribution >= 4 is 17.1 Å². The summed E-state index contributed by atoms with van der Waals surface area (Å²) < 4.78 is 0. The van der Waals surface area contributed by atoms with E-state index in [-0.39, 0.29) is 0 Å². The molecular formula is C7H11NOS. The molecule has 0 aromatic rings. The summed E-state index contributed by atoms with van der Waals surface area (Å²) in [6, 6.07) is 0. The van der Waals surface area contributed by atoms with Crippen molar-refractivity contribution in [2.45, 2.75) is 19.1 Å². The molecule has 3 aliphatic rings. The van der Waals surface area contributed by atoms with Gasteiger partial charge in [0, 0.05) is 18.0 Å². The lowest BCUT2D eigenvalue weighted by Crippen LogP contribution is -2.54. The van der Waals surface area contributed by atoms with Crippen LogP contribution in [0.15, 0.2) is 0 Å². The summed E-state index contributed by atoms with van der Waals surface area (Å²) in [5.41, 5.74) is 0. The molecule has 10 heavy (non-hydrogen) atoms. The van der Waals surface area contributed by atoms with Crippen molar-refractivity contribution in [1.82, 2.24) is 4.90 Å². The molecule has 3 heterocycles. The van der Waals surface area contributed by atoms with Gasteiger partial charge in [0.2, 0.25) is 0 Å². The van der Waals surface area contributed by atoms with E-state index in [0.717, 1.165) is 30.8 Å². The van der Waals surface area contributed by atoms with Crippen molar-refractivity contribution < 1.29 is 5.11 Å². The molecule has 0 amide bonds. The van der Waals surface area contributed by atoms with Crippen molar-refractivity contribution in [3.8, 4) is 0 Å². The summed E-state index contributed by atoms with van der Waals surface area (Å²) in [7, 11) is 0. The minimum Gasteiger partial charge on any atom is -0.374 e. The maximum absolute atomic E-state index is 9.45. The van der Waals surface area contributed by atoms with Crippen LogP contribution in [0.1, 0.15) is 12.8 Å². The van der Waals surface area contributed by atoms with Gasteiger partial charge in [-0.05, 0) is 18.8 Å². The first-order chi connectivity index (χ1) is 4.79. The van der Waals surface area contributed by atoms with Gasteiger partial charge in [-0.15, -0.1) is 0 Å². The molecule has 1 unspecified atom stereocenters. The van der Waals surface area contributed by atoms with Gasteiger partial charge in [-0.3, -0.25) is 4.90 Å². The molecule has 0 aliphatic carbocycles.